The first kappa shape index (κ1) is 16.8. The summed E-state index contributed by atoms with van der Waals surface area (Å²) in [7, 11) is 0. The Hall–Kier alpha value is -3.09. The fraction of sp³-hybridized carbons (Fsp3) is 0.167. The third-order valence-electron chi connectivity index (χ3n) is 3.64. The summed E-state index contributed by atoms with van der Waals surface area (Å²) in [6, 6.07) is 9.34. The van der Waals surface area contributed by atoms with Crippen molar-refractivity contribution in [2.24, 2.45) is 0 Å². The number of hydrogen-bond acceptors (Lipinski definition) is 3. The SMILES string of the molecule is CCCn1nc(C(=O)Nc2cc(F)cc(F)c2)c2ccccc2c1=O. The molecule has 0 fully saturated rings. The minimum absolute atomic E-state index is 0.0216. The molecule has 0 unspecified atom stereocenters. The van der Waals surface area contributed by atoms with Crippen LogP contribution in [-0.4, -0.2) is 15.7 Å². The van der Waals surface area contributed by atoms with Crippen LogP contribution in [0, 0.1) is 11.6 Å². The van der Waals surface area contributed by atoms with Crippen molar-refractivity contribution < 1.29 is 13.6 Å². The van der Waals surface area contributed by atoms with Gasteiger partial charge in [0.15, 0.2) is 5.69 Å². The van der Waals surface area contributed by atoms with Gasteiger partial charge >= 0.3 is 0 Å². The molecule has 25 heavy (non-hydrogen) atoms. The van der Waals surface area contributed by atoms with E-state index in [-0.39, 0.29) is 16.9 Å². The number of amides is 1. The second-order valence-corrected chi connectivity index (χ2v) is 5.53. The van der Waals surface area contributed by atoms with E-state index in [1.54, 1.807) is 24.3 Å². The largest absolute Gasteiger partial charge is 0.320 e. The predicted octanol–water partition coefficient (Wildman–Crippen LogP) is 3.34. The maximum atomic E-state index is 13.3. The van der Waals surface area contributed by atoms with Crippen molar-refractivity contribution in [2.75, 3.05) is 5.32 Å². The number of carbonyl (C=O) groups is 1. The van der Waals surface area contributed by atoms with E-state index < -0.39 is 17.5 Å². The highest BCUT2D eigenvalue weighted by Gasteiger charge is 2.17. The lowest BCUT2D eigenvalue weighted by molar-refractivity contribution is 0.102. The number of halogens is 2. The first-order chi connectivity index (χ1) is 12.0. The van der Waals surface area contributed by atoms with Gasteiger partial charge in [0.2, 0.25) is 0 Å². The van der Waals surface area contributed by atoms with E-state index >= 15 is 0 Å². The first-order valence-electron chi connectivity index (χ1n) is 7.77. The fourth-order valence-electron chi connectivity index (χ4n) is 2.58. The topological polar surface area (TPSA) is 64.0 Å². The van der Waals surface area contributed by atoms with Gasteiger partial charge < -0.3 is 5.32 Å². The highest BCUT2D eigenvalue weighted by Crippen LogP contribution is 2.17. The Kier molecular flexibility index (Phi) is 4.56. The monoisotopic (exact) mass is 343 g/mol. The summed E-state index contributed by atoms with van der Waals surface area (Å²) >= 11 is 0. The van der Waals surface area contributed by atoms with Crippen molar-refractivity contribution in [2.45, 2.75) is 19.9 Å². The Morgan fingerprint density at radius 3 is 2.40 bits per heavy atom. The second kappa shape index (κ2) is 6.80. The lowest BCUT2D eigenvalue weighted by Crippen LogP contribution is -2.27. The van der Waals surface area contributed by atoms with Gasteiger partial charge in [-0.1, -0.05) is 25.1 Å². The Morgan fingerprint density at radius 2 is 1.76 bits per heavy atom. The van der Waals surface area contributed by atoms with E-state index in [2.05, 4.69) is 10.4 Å². The number of hydrogen-bond donors (Lipinski definition) is 1. The molecule has 128 valence electrons. The van der Waals surface area contributed by atoms with Gasteiger partial charge in [-0.3, -0.25) is 9.59 Å². The summed E-state index contributed by atoms with van der Waals surface area (Å²) in [5.74, 6) is -2.25. The maximum absolute atomic E-state index is 13.3. The average molecular weight is 343 g/mol. The van der Waals surface area contributed by atoms with E-state index in [1.165, 1.54) is 4.68 Å². The normalized spacial score (nSPS) is 10.8. The number of benzene rings is 2. The number of carbonyl (C=O) groups excluding carboxylic acids is 1. The second-order valence-electron chi connectivity index (χ2n) is 5.53. The molecule has 0 spiro atoms. The number of anilines is 1. The molecule has 7 heteroatoms. The van der Waals surface area contributed by atoms with Crippen LogP contribution in [0.25, 0.3) is 10.8 Å². The number of nitrogens with zero attached hydrogens (tertiary/aromatic N) is 2. The summed E-state index contributed by atoms with van der Waals surface area (Å²) < 4.78 is 27.8. The van der Waals surface area contributed by atoms with Crippen molar-refractivity contribution in [1.82, 2.24) is 9.78 Å². The van der Waals surface area contributed by atoms with Crippen molar-refractivity contribution in [1.29, 1.82) is 0 Å². The van der Waals surface area contributed by atoms with Crippen molar-refractivity contribution in [3.8, 4) is 0 Å². The number of nitrogens with one attached hydrogen (secondary N) is 1. The fourth-order valence-corrected chi connectivity index (χ4v) is 2.58. The Morgan fingerprint density at radius 1 is 1.12 bits per heavy atom. The van der Waals surface area contributed by atoms with Gasteiger partial charge in [-0.25, -0.2) is 13.5 Å². The molecule has 0 aliphatic rings. The van der Waals surface area contributed by atoms with Crippen molar-refractivity contribution in [3.63, 3.8) is 0 Å². The maximum Gasteiger partial charge on any atom is 0.276 e. The molecule has 0 aliphatic heterocycles. The summed E-state index contributed by atoms with van der Waals surface area (Å²) in [5, 5.41) is 7.31. The van der Waals surface area contributed by atoms with Gasteiger partial charge in [-0.15, -0.1) is 0 Å². The van der Waals surface area contributed by atoms with E-state index in [0.29, 0.717) is 29.8 Å². The van der Waals surface area contributed by atoms with Crippen LogP contribution < -0.4 is 10.9 Å². The lowest BCUT2D eigenvalue weighted by atomic mass is 10.1. The molecule has 1 amide bonds. The average Bonchev–Trinajstić information content (AvgIpc) is 2.56. The molecule has 0 saturated heterocycles. The molecule has 1 heterocycles. The number of fused-ring (bicyclic) bond motifs is 1. The molecular formula is C18H15F2N3O2. The van der Waals surface area contributed by atoms with E-state index in [1.807, 2.05) is 6.92 Å². The van der Waals surface area contributed by atoms with Gasteiger partial charge in [0.1, 0.15) is 11.6 Å². The van der Waals surface area contributed by atoms with E-state index in [9.17, 15) is 18.4 Å². The van der Waals surface area contributed by atoms with Crippen LogP contribution >= 0.6 is 0 Å². The van der Waals surface area contributed by atoms with Crippen molar-refractivity contribution in [3.05, 3.63) is 70.1 Å². The van der Waals surface area contributed by atoms with Crippen LogP contribution in [0.1, 0.15) is 23.8 Å². The van der Waals surface area contributed by atoms with Gasteiger partial charge in [-0.2, -0.15) is 5.10 Å². The van der Waals surface area contributed by atoms with Gasteiger partial charge in [0, 0.05) is 23.7 Å². The van der Waals surface area contributed by atoms with Crippen LogP contribution in [0.4, 0.5) is 14.5 Å². The molecule has 3 rings (SSSR count). The molecule has 0 atom stereocenters. The van der Waals surface area contributed by atoms with Crippen LogP contribution in [0.15, 0.2) is 47.3 Å². The molecule has 0 radical (unpaired) electrons. The third-order valence-corrected chi connectivity index (χ3v) is 3.64. The molecule has 0 bridgehead atoms. The molecule has 0 aliphatic carbocycles. The number of rotatable bonds is 4. The zero-order valence-electron chi connectivity index (χ0n) is 13.4. The zero-order chi connectivity index (χ0) is 18.0. The molecule has 0 saturated carbocycles. The molecule has 1 aromatic heterocycles. The Labute approximate surface area is 141 Å². The smallest absolute Gasteiger partial charge is 0.276 e. The Balaban J connectivity index is 2.09. The number of aryl methyl sites for hydroxylation is 1. The number of aromatic nitrogens is 2. The molecule has 3 aromatic rings. The summed E-state index contributed by atoms with van der Waals surface area (Å²) in [5.41, 5.74) is -0.291. The zero-order valence-corrected chi connectivity index (χ0v) is 13.4. The summed E-state index contributed by atoms with van der Waals surface area (Å²) in [6.07, 6.45) is 0.668. The van der Waals surface area contributed by atoms with Gasteiger partial charge in [0.25, 0.3) is 11.5 Å². The predicted molar refractivity (Wildman–Crippen MR) is 90.6 cm³/mol. The van der Waals surface area contributed by atoms with Gasteiger partial charge in [0.05, 0.1) is 5.39 Å². The molecule has 2 aromatic carbocycles. The van der Waals surface area contributed by atoms with Crippen LogP contribution in [-0.2, 0) is 6.54 Å². The standard InChI is InChI=1S/C18H15F2N3O2/c1-2-7-23-18(25)15-6-4-3-5-14(15)16(22-23)17(24)21-13-9-11(19)8-12(20)10-13/h3-6,8-10H,2,7H2,1H3,(H,21,24). The Bertz CT molecular complexity index is 995. The highest BCUT2D eigenvalue weighted by molar-refractivity contribution is 6.11. The minimum Gasteiger partial charge on any atom is -0.320 e. The van der Waals surface area contributed by atoms with Crippen LogP contribution in [0.3, 0.4) is 0 Å². The highest BCUT2D eigenvalue weighted by atomic mass is 19.1. The first-order valence-corrected chi connectivity index (χ1v) is 7.77. The summed E-state index contributed by atoms with van der Waals surface area (Å²) in [4.78, 5) is 25.0. The summed E-state index contributed by atoms with van der Waals surface area (Å²) in [6.45, 7) is 2.25. The third kappa shape index (κ3) is 3.40. The quantitative estimate of drug-likeness (QED) is 0.790. The van der Waals surface area contributed by atoms with Crippen molar-refractivity contribution >= 4 is 22.4 Å². The van der Waals surface area contributed by atoms with E-state index in [4.69, 9.17) is 0 Å². The molecule has 1 N–H and O–H groups in total. The molecular weight excluding hydrogens is 328 g/mol. The van der Waals surface area contributed by atoms with Crippen LogP contribution in [0.5, 0.6) is 0 Å². The molecule has 5 nitrogen and oxygen atoms in total. The minimum atomic E-state index is -0.802. The van der Waals surface area contributed by atoms with Crippen LogP contribution in [0.2, 0.25) is 0 Å². The van der Waals surface area contributed by atoms with Gasteiger partial charge in [-0.05, 0) is 24.6 Å². The van der Waals surface area contributed by atoms with E-state index in [0.717, 1.165) is 12.1 Å². The lowest BCUT2D eigenvalue weighted by Gasteiger charge is -2.11.